The van der Waals surface area contributed by atoms with E-state index >= 15 is 0 Å². The van der Waals surface area contributed by atoms with Crippen molar-refractivity contribution in [2.24, 2.45) is 0 Å². The lowest BCUT2D eigenvalue weighted by molar-refractivity contribution is -0.137. The Morgan fingerprint density at radius 3 is 2.64 bits per heavy atom. The van der Waals surface area contributed by atoms with Gasteiger partial charge >= 0.3 is 18.2 Å². The number of hydrogen-bond donors (Lipinski definition) is 1. The Hall–Kier alpha value is -4.06. The van der Waals surface area contributed by atoms with Crippen molar-refractivity contribution in [3.05, 3.63) is 64.9 Å². The third kappa shape index (κ3) is 5.03. The first-order valence-corrected chi connectivity index (χ1v) is 12.5. The standard InChI is InChI=1S/C26H23ClF3N5O4/c1-2-39-23-17(4-3-9-31-23)19-6-8-21(22(32-19)24(36)37)33-10-11-34-16(13-33)14-35(25(34)38)20-7-5-15(27)12-18(20)26(28,29)30/h3-9,12,16H,2,10-11,13-14H2,1H3,(H,36,37). The molecule has 0 radical (unpaired) electrons. The smallest absolute Gasteiger partial charge is 0.418 e. The van der Waals surface area contributed by atoms with Crippen LogP contribution in [0.25, 0.3) is 11.3 Å². The third-order valence-electron chi connectivity index (χ3n) is 6.65. The van der Waals surface area contributed by atoms with Crippen LogP contribution in [0.4, 0.5) is 29.3 Å². The van der Waals surface area contributed by atoms with Crippen molar-refractivity contribution >= 4 is 35.0 Å². The van der Waals surface area contributed by atoms with Crippen LogP contribution in [0.2, 0.25) is 5.02 Å². The average molecular weight is 562 g/mol. The van der Waals surface area contributed by atoms with Crippen molar-refractivity contribution < 1.29 is 32.6 Å². The highest BCUT2D eigenvalue weighted by Crippen LogP contribution is 2.40. The number of piperazine rings is 1. The predicted octanol–water partition coefficient (Wildman–Crippen LogP) is 5.04. The number of anilines is 2. The van der Waals surface area contributed by atoms with Crippen LogP contribution in [0, 0.1) is 0 Å². The van der Waals surface area contributed by atoms with E-state index in [9.17, 15) is 27.9 Å². The first-order chi connectivity index (χ1) is 18.6. The molecule has 4 heterocycles. The van der Waals surface area contributed by atoms with Gasteiger partial charge < -0.3 is 19.6 Å². The van der Waals surface area contributed by atoms with E-state index in [2.05, 4.69) is 9.97 Å². The van der Waals surface area contributed by atoms with Gasteiger partial charge in [-0.2, -0.15) is 13.2 Å². The molecule has 0 spiro atoms. The molecule has 39 heavy (non-hydrogen) atoms. The molecule has 2 aliphatic rings. The van der Waals surface area contributed by atoms with Gasteiger partial charge in [-0.05, 0) is 49.4 Å². The number of alkyl halides is 3. The normalized spacial score (nSPS) is 17.4. The molecule has 2 saturated heterocycles. The van der Waals surface area contributed by atoms with Crippen LogP contribution in [0.1, 0.15) is 23.0 Å². The minimum Gasteiger partial charge on any atom is -0.477 e. The quantitative estimate of drug-likeness (QED) is 0.450. The number of pyridine rings is 2. The summed E-state index contributed by atoms with van der Waals surface area (Å²) in [6.45, 7) is 2.88. The molecular formula is C26H23ClF3N5O4. The zero-order valence-corrected chi connectivity index (χ0v) is 21.4. The summed E-state index contributed by atoms with van der Waals surface area (Å²) in [5.41, 5.74) is -0.187. The maximum Gasteiger partial charge on any atom is 0.418 e. The van der Waals surface area contributed by atoms with Crippen LogP contribution in [-0.2, 0) is 6.18 Å². The number of urea groups is 1. The fourth-order valence-corrected chi connectivity index (χ4v) is 5.12. The lowest BCUT2D eigenvalue weighted by Gasteiger charge is -2.38. The molecule has 1 N–H and O–H groups in total. The molecule has 1 unspecified atom stereocenters. The van der Waals surface area contributed by atoms with E-state index in [0.29, 0.717) is 29.4 Å². The van der Waals surface area contributed by atoms with Crippen LogP contribution in [-0.4, -0.2) is 70.8 Å². The minimum absolute atomic E-state index is 0.00135. The van der Waals surface area contributed by atoms with Gasteiger partial charge in [0.25, 0.3) is 0 Å². The first-order valence-electron chi connectivity index (χ1n) is 12.1. The Bertz CT molecular complexity index is 1440. The van der Waals surface area contributed by atoms with Crippen molar-refractivity contribution in [2.45, 2.75) is 19.1 Å². The van der Waals surface area contributed by atoms with Gasteiger partial charge in [0.15, 0.2) is 5.69 Å². The van der Waals surface area contributed by atoms with Crippen LogP contribution < -0.4 is 14.5 Å². The predicted molar refractivity (Wildman–Crippen MR) is 137 cm³/mol. The molecule has 204 valence electrons. The number of rotatable bonds is 6. The second kappa shape index (κ2) is 10.3. The third-order valence-corrected chi connectivity index (χ3v) is 6.89. The summed E-state index contributed by atoms with van der Waals surface area (Å²) in [6.07, 6.45) is -3.13. The first kappa shape index (κ1) is 26.5. The summed E-state index contributed by atoms with van der Waals surface area (Å²) in [5.74, 6) is -0.911. The number of carbonyl (C=O) groups excluding carboxylic acids is 1. The summed E-state index contributed by atoms with van der Waals surface area (Å²) in [7, 11) is 0. The number of benzene rings is 1. The summed E-state index contributed by atoms with van der Waals surface area (Å²) in [5, 5.41) is 9.88. The number of ether oxygens (including phenoxy) is 1. The van der Waals surface area contributed by atoms with E-state index in [1.54, 1.807) is 35.4 Å². The van der Waals surface area contributed by atoms with Gasteiger partial charge in [-0.1, -0.05) is 11.6 Å². The largest absolute Gasteiger partial charge is 0.477 e. The Morgan fingerprint density at radius 1 is 1.15 bits per heavy atom. The average Bonchev–Trinajstić information content (AvgIpc) is 3.23. The van der Waals surface area contributed by atoms with Gasteiger partial charge in [-0.3, -0.25) is 4.90 Å². The highest BCUT2D eigenvalue weighted by atomic mass is 35.5. The molecule has 9 nitrogen and oxygen atoms in total. The van der Waals surface area contributed by atoms with Crippen molar-refractivity contribution in [3.8, 4) is 17.1 Å². The number of halogens is 4. The topological polar surface area (TPSA) is 99.1 Å². The van der Waals surface area contributed by atoms with Gasteiger partial charge in [0, 0.05) is 37.4 Å². The lowest BCUT2D eigenvalue weighted by Crippen LogP contribution is -2.52. The molecule has 3 aromatic rings. The van der Waals surface area contributed by atoms with E-state index in [4.69, 9.17) is 16.3 Å². The molecule has 1 aromatic carbocycles. The number of nitrogens with zero attached hydrogens (tertiary/aromatic N) is 5. The number of carboxylic acid groups (broad SMARTS) is 1. The molecule has 2 aliphatic heterocycles. The van der Waals surface area contributed by atoms with Crippen molar-refractivity contribution in [1.82, 2.24) is 14.9 Å². The summed E-state index contributed by atoms with van der Waals surface area (Å²) in [4.78, 5) is 38.3. The summed E-state index contributed by atoms with van der Waals surface area (Å²) in [6, 6.07) is 9.04. The Labute approximate surface area is 226 Å². The van der Waals surface area contributed by atoms with Crippen LogP contribution in [0.5, 0.6) is 5.88 Å². The second-order valence-electron chi connectivity index (χ2n) is 9.00. The number of hydrogen-bond acceptors (Lipinski definition) is 6. The zero-order valence-electron chi connectivity index (χ0n) is 20.7. The van der Waals surface area contributed by atoms with Crippen molar-refractivity contribution in [3.63, 3.8) is 0 Å². The highest BCUT2D eigenvalue weighted by Gasteiger charge is 2.45. The Balaban J connectivity index is 1.43. The van der Waals surface area contributed by atoms with E-state index in [1.807, 2.05) is 6.92 Å². The van der Waals surface area contributed by atoms with Gasteiger partial charge in [0.05, 0.1) is 40.8 Å². The molecule has 2 aromatic heterocycles. The van der Waals surface area contributed by atoms with Crippen LogP contribution in [0.15, 0.2) is 48.7 Å². The fourth-order valence-electron chi connectivity index (χ4n) is 4.95. The zero-order chi connectivity index (χ0) is 27.9. The van der Waals surface area contributed by atoms with E-state index < -0.39 is 29.8 Å². The van der Waals surface area contributed by atoms with Gasteiger partial charge in [0.1, 0.15) is 0 Å². The van der Waals surface area contributed by atoms with Crippen molar-refractivity contribution in [1.29, 1.82) is 0 Å². The van der Waals surface area contributed by atoms with Crippen LogP contribution in [0.3, 0.4) is 0 Å². The number of aromatic carboxylic acids is 1. The lowest BCUT2D eigenvalue weighted by atomic mass is 10.1. The Kier molecular flexibility index (Phi) is 6.98. The van der Waals surface area contributed by atoms with Gasteiger partial charge in [0.2, 0.25) is 5.88 Å². The monoisotopic (exact) mass is 561 g/mol. The van der Waals surface area contributed by atoms with E-state index in [-0.39, 0.29) is 42.6 Å². The molecule has 5 rings (SSSR count). The molecule has 13 heteroatoms. The fraction of sp³-hybridized carbons (Fsp3) is 0.308. The maximum absolute atomic E-state index is 13.7. The molecule has 2 fully saturated rings. The minimum atomic E-state index is -4.70. The van der Waals surface area contributed by atoms with E-state index in [1.165, 1.54) is 17.0 Å². The van der Waals surface area contributed by atoms with E-state index in [0.717, 1.165) is 11.0 Å². The Morgan fingerprint density at radius 2 is 1.92 bits per heavy atom. The number of fused-ring (bicyclic) bond motifs is 1. The molecule has 0 aliphatic carbocycles. The molecule has 2 amide bonds. The number of aromatic nitrogens is 2. The number of carbonyl (C=O) groups is 2. The molecular weight excluding hydrogens is 539 g/mol. The summed E-state index contributed by atoms with van der Waals surface area (Å²) < 4.78 is 46.7. The van der Waals surface area contributed by atoms with Crippen molar-refractivity contribution in [2.75, 3.05) is 42.6 Å². The maximum atomic E-state index is 13.7. The number of amides is 2. The second-order valence-corrected chi connectivity index (χ2v) is 9.44. The summed E-state index contributed by atoms with van der Waals surface area (Å²) >= 11 is 5.80. The molecule has 1 atom stereocenters. The number of carboxylic acids is 1. The SMILES string of the molecule is CCOc1ncccc1-c1ccc(N2CCN3C(=O)N(c4ccc(Cl)cc4C(F)(F)F)CC3C2)c(C(=O)O)n1. The molecule has 0 bridgehead atoms. The van der Waals surface area contributed by atoms with Crippen LogP contribution >= 0.6 is 11.6 Å². The molecule has 0 saturated carbocycles. The highest BCUT2D eigenvalue weighted by molar-refractivity contribution is 6.30. The van der Waals surface area contributed by atoms with Gasteiger partial charge in [-0.25, -0.2) is 19.6 Å². The van der Waals surface area contributed by atoms with Gasteiger partial charge in [-0.15, -0.1) is 0 Å².